The first-order valence-electron chi connectivity index (χ1n) is 5.26. The molecule has 2 rings (SSSR count). The second kappa shape index (κ2) is 4.67. The zero-order valence-corrected chi connectivity index (χ0v) is 9.77. The molecule has 0 unspecified atom stereocenters. The molecule has 0 radical (unpaired) electrons. The van der Waals surface area contributed by atoms with Gasteiger partial charge in [0.05, 0.1) is 24.6 Å². The van der Waals surface area contributed by atoms with E-state index in [0.717, 1.165) is 11.3 Å². The molecule has 1 aromatic heterocycles. The molecule has 1 aromatic carbocycles. The van der Waals surface area contributed by atoms with Crippen LogP contribution in [-0.4, -0.2) is 12.1 Å². The number of aryl methyl sites for hydroxylation is 1. The lowest BCUT2D eigenvalue weighted by atomic mass is 10.1. The van der Waals surface area contributed by atoms with Gasteiger partial charge in [0.1, 0.15) is 6.07 Å². The fourth-order valence-corrected chi connectivity index (χ4v) is 1.58. The Morgan fingerprint density at radius 2 is 1.94 bits per heavy atom. The first kappa shape index (κ1) is 11.2. The number of ether oxygens (including phenoxy) is 1. The van der Waals surface area contributed by atoms with Crippen molar-refractivity contribution in [3.63, 3.8) is 0 Å². The number of benzene rings is 1. The summed E-state index contributed by atoms with van der Waals surface area (Å²) in [6.07, 6.45) is 1.58. The van der Waals surface area contributed by atoms with E-state index in [0.29, 0.717) is 11.3 Å². The second-order valence-corrected chi connectivity index (χ2v) is 3.75. The molecule has 0 fully saturated rings. The lowest BCUT2D eigenvalue weighted by Crippen LogP contribution is -1.91. The number of aromatic nitrogens is 1. The van der Waals surface area contributed by atoms with Crippen LogP contribution >= 0.6 is 0 Å². The van der Waals surface area contributed by atoms with Crippen molar-refractivity contribution in [1.82, 2.24) is 4.98 Å². The highest BCUT2D eigenvalue weighted by molar-refractivity contribution is 5.62. The van der Waals surface area contributed by atoms with Crippen molar-refractivity contribution in [3.05, 3.63) is 47.7 Å². The monoisotopic (exact) mass is 224 g/mol. The summed E-state index contributed by atoms with van der Waals surface area (Å²) >= 11 is 0. The summed E-state index contributed by atoms with van der Waals surface area (Å²) in [4.78, 5) is 4.28. The van der Waals surface area contributed by atoms with Gasteiger partial charge in [0.15, 0.2) is 5.75 Å². The number of nitrogens with zero attached hydrogens (tertiary/aromatic N) is 2. The highest BCUT2D eigenvalue weighted by atomic mass is 16.5. The number of hydrogen-bond acceptors (Lipinski definition) is 3. The van der Waals surface area contributed by atoms with Crippen molar-refractivity contribution in [3.8, 4) is 23.1 Å². The van der Waals surface area contributed by atoms with Gasteiger partial charge in [-0.25, -0.2) is 0 Å². The predicted octanol–water partition coefficient (Wildman–Crippen LogP) is 2.94. The van der Waals surface area contributed by atoms with E-state index in [1.165, 1.54) is 12.7 Å². The molecule has 0 bridgehead atoms. The van der Waals surface area contributed by atoms with Crippen LogP contribution in [0.4, 0.5) is 0 Å². The summed E-state index contributed by atoms with van der Waals surface area (Å²) in [5.41, 5.74) is 3.47. The smallest absolute Gasteiger partial charge is 0.154 e. The van der Waals surface area contributed by atoms with Gasteiger partial charge in [-0.15, -0.1) is 0 Å². The summed E-state index contributed by atoms with van der Waals surface area (Å²) in [6, 6.07) is 11.9. The Labute approximate surface area is 100 Å². The molecule has 0 saturated carbocycles. The van der Waals surface area contributed by atoms with Gasteiger partial charge in [-0.1, -0.05) is 29.8 Å². The van der Waals surface area contributed by atoms with Gasteiger partial charge in [-0.05, 0) is 13.0 Å². The maximum atomic E-state index is 9.01. The van der Waals surface area contributed by atoms with Crippen molar-refractivity contribution in [1.29, 1.82) is 5.26 Å². The van der Waals surface area contributed by atoms with Gasteiger partial charge < -0.3 is 4.74 Å². The van der Waals surface area contributed by atoms with Crippen LogP contribution in [0.2, 0.25) is 0 Å². The Kier molecular flexibility index (Phi) is 3.06. The molecule has 0 N–H and O–H groups in total. The minimum atomic E-state index is 0.498. The highest BCUT2D eigenvalue weighted by Crippen LogP contribution is 2.23. The number of pyridine rings is 1. The standard InChI is InChI=1S/C14H12N2O/c1-10-3-5-11(6-4-10)13-7-12(8-15)14(17-2)9-16-13/h3-7,9H,1-2H3. The van der Waals surface area contributed by atoms with E-state index in [4.69, 9.17) is 10.00 Å². The molecule has 3 nitrogen and oxygen atoms in total. The molecule has 1 heterocycles. The molecular weight excluding hydrogens is 212 g/mol. The van der Waals surface area contributed by atoms with E-state index < -0.39 is 0 Å². The van der Waals surface area contributed by atoms with Crippen molar-refractivity contribution in [2.24, 2.45) is 0 Å². The van der Waals surface area contributed by atoms with E-state index in [1.54, 1.807) is 12.3 Å². The molecule has 0 aliphatic rings. The lowest BCUT2D eigenvalue weighted by molar-refractivity contribution is 0.411. The molecule has 3 heteroatoms. The average Bonchev–Trinajstić information content (AvgIpc) is 2.39. The van der Waals surface area contributed by atoms with E-state index in [2.05, 4.69) is 11.1 Å². The van der Waals surface area contributed by atoms with Gasteiger partial charge in [-0.2, -0.15) is 5.26 Å². The van der Waals surface area contributed by atoms with Crippen LogP contribution < -0.4 is 4.74 Å². The summed E-state index contributed by atoms with van der Waals surface area (Å²) in [6.45, 7) is 2.03. The maximum Gasteiger partial charge on any atom is 0.154 e. The maximum absolute atomic E-state index is 9.01. The van der Waals surface area contributed by atoms with Gasteiger partial charge >= 0.3 is 0 Å². The lowest BCUT2D eigenvalue weighted by Gasteiger charge is -2.05. The normalized spacial score (nSPS) is 9.71. The van der Waals surface area contributed by atoms with Crippen molar-refractivity contribution >= 4 is 0 Å². The van der Waals surface area contributed by atoms with Crippen LogP contribution in [0.1, 0.15) is 11.1 Å². The summed E-state index contributed by atoms with van der Waals surface area (Å²) < 4.78 is 5.06. The molecule has 84 valence electrons. The summed E-state index contributed by atoms with van der Waals surface area (Å²) in [5.74, 6) is 0.503. The van der Waals surface area contributed by atoms with Crippen LogP contribution in [0, 0.1) is 18.3 Å². The predicted molar refractivity (Wildman–Crippen MR) is 65.7 cm³/mol. The third-order valence-electron chi connectivity index (χ3n) is 2.56. The highest BCUT2D eigenvalue weighted by Gasteiger charge is 2.06. The quantitative estimate of drug-likeness (QED) is 0.787. The van der Waals surface area contributed by atoms with Crippen LogP contribution in [0.5, 0.6) is 5.75 Å². The zero-order chi connectivity index (χ0) is 12.3. The SMILES string of the molecule is COc1cnc(-c2ccc(C)cc2)cc1C#N. The molecule has 0 saturated heterocycles. The van der Waals surface area contributed by atoms with Crippen molar-refractivity contribution in [2.45, 2.75) is 6.92 Å². The van der Waals surface area contributed by atoms with E-state index in [1.807, 2.05) is 31.2 Å². The first-order chi connectivity index (χ1) is 8.24. The summed E-state index contributed by atoms with van der Waals surface area (Å²) in [5, 5.41) is 9.01. The average molecular weight is 224 g/mol. The third kappa shape index (κ3) is 2.26. The van der Waals surface area contributed by atoms with Crippen LogP contribution in [0.15, 0.2) is 36.5 Å². The van der Waals surface area contributed by atoms with Crippen LogP contribution in [-0.2, 0) is 0 Å². The molecule has 0 aliphatic heterocycles. The first-order valence-corrected chi connectivity index (χ1v) is 5.26. The molecule has 2 aromatic rings. The van der Waals surface area contributed by atoms with E-state index in [-0.39, 0.29) is 0 Å². The Bertz CT molecular complexity index is 568. The fourth-order valence-electron chi connectivity index (χ4n) is 1.58. The minimum absolute atomic E-state index is 0.498. The fraction of sp³-hybridized carbons (Fsp3) is 0.143. The molecule has 0 amide bonds. The second-order valence-electron chi connectivity index (χ2n) is 3.75. The van der Waals surface area contributed by atoms with E-state index >= 15 is 0 Å². The van der Waals surface area contributed by atoms with Crippen LogP contribution in [0.3, 0.4) is 0 Å². The molecule has 0 aliphatic carbocycles. The Hall–Kier alpha value is -2.34. The Morgan fingerprint density at radius 1 is 1.24 bits per heavy atom. The molecule has 0 atom stereocenters. The van der Waals surface area contributed by atoms with E-state index in [9.17, 15) is 0 Å². The van der Waals surface area contributed by atoms with Gasteiger partial charge in [0.25, 0.3) is 0 Å². The Balaban J connectivity index is 2.47. The van der Waals surface area contributed by atoms with Gasteiger partial charge in [-0.3, -0.25) is 4.98 Å². The number of methoxy groups -OCH3 is 1. The van der Waals surface area contributed by atoms with Gasteiger partial charge in [0.2, 0.25) is 0 Å². The summed E-state index contributed by atoms with van der Waals surface area (Å²) in [7, 11) is 1.53. The molecule has 0 spiro atoms. The number of nitriles is 1. The number of rotatable bonds is 2. The zero-order valence-electron chi connectivity index (χ0n) is 9.77. The topological polar surface area (TPSA) is 45.9 Å². The molecular formula is C14H12N2O. The third-order valence-corrected chi connectivity index (χ3v) is 2.56. The Morgan fingerprint density at radius 3 is 2.53 bits per heavy atom. The van der Waals surface area contributed by atoms with Gasteiger partial charge in [0, 0.05) is 5.56 Å². The van der Waals surface area contributed by atoms with Crippen LogP contribution in [0.25, 0.3) is 11.3 Å². The van der Waals surface area contributed by atoms with Crippen molar-refractivity contribution < 1.29 is 4.74 Å². The number of hydrogen-bond donors (Lipinski definition) is 0. The van der Waals surface area contributed by atoms with Crippen molar-refractivity contribution in [2.75, 3.05) is 7.11 Å². The minimum Gasteiger partial charge on any atom is -0.494 e. The largest absolute Gasteiger partial charge is 0.494 e. The molecule has 17 heavy (non-hydrogen) atoms.